The minimum Gasteiger partial charge on any atom is -0.250 e. The van der Waals surface area contributed by atoms with Gasteiger partial charge in [0.25, 0.3) is 0 Å². The molecule has 4 heteroatoms. The van der Waals surface area contributed by atoms with Gasteiger partial charge in [-0.25, -0.2) is 9.37 Å². The first-order valence-electron chi connectivity index (χ1n) is 4.73. The van der Waals surface area contributed by atoms with E-state index < -0.39 is 0 Å². The summed E-state index contributed by atoms with van der Waals surface area (Å²) in [6, 6.07) is 10.9. The predicted molar refractivity (Wildman–Crippen MR) is 67.9 cm³/mol. The number of hydrogen-bond acceptors (Lipinski definition) is 2. The summed E-state index contributed by atoms with van der Waals surface area (Å²) < 4.78 is 13.5. The van der Waals surface area contributed by atoms with Crippen molar-refractivity contribution in [2.24, 2.45) is 0 Å². The Kier molecular flexibility index (Phi) is 3.96. The Balaban J connectivity index is 2.03. The Morgan fingerprint density at radius 2 is 2.12 bits per heavy atom. The van der Waals surface area contributed by atoms with Gasteiger partial charge < -0.3 is 0 Å². The van der Waals surface area contributed by atoms with Crippen LogP contribution in [0.3, 0.4) is 0 Å². The second kappa shape index (κ2) is 5.46. The Morgan fingerprint density at radius 3 is 2.81 bits per heavy atom. The van der Waals surface area contributed by atoms with Crippen LogP contribution in [-0.2, 0) is 5.75 Å². The number of aromatic nitrogens is 1. The fraction of sp³-hybridized carbons (Fsp3) is 0.0833. The second-order valence-electron chi connectivity index (χ2n) is 3.21. The SMILES string of the molecule is Fc1ccc(CSc2ccccn2)cc1Br. The van der Waals surface area contributed by atoms with Crippen LogP contribution in [0, 0.1) is 5.82 Å². The van der Waals surface area contributed by atoms with E-state index in [-0.39, 0.29) is 5.82 Å². The van der Waals surface area contributed by atoms with Crippen molar-refractivity contribution in [3.05, 3.63) is 58.4 Å². The third-order valence-electron chi connectivity index (χ3n) is 2.01. The van der Waals surface area contributed by atoms with Gasteiger partial charge in [-0.1, -0.05) is 12.1 Å². The number of pyridine rings is 1. The Labute approximate surface area is 106 Å². The average Bonchev–Trinajstić information content (AvgIpc) is 2.32. The lowest BCUT2D eigenvalue weighted by atomic mass is 10.2. The summed E-state index contributed by atoms with van der Waals surface area (Å²) in [7, 11) is 0. The minimum absolute atomic E-state index is 0.230. The van der Waals surface area contributed by atoms with Gasteiger partial charge in [0.2, 0.25) is 0 Å². The molecule has 0 unspecified atom stereocenters. The molecular formula is C12H9BrFNS. The van der Waals surface area contributed by atoms with E-state index in [0.717, 1.165) is 16.3 Å². The van der Waals surface area contributed by atoms with Crippen LogP contribution in [0.1, 0.15) is 5.56 Å². The molecule has 16 heavy (non-hydrogen) atoms. The summed E-state index contributed by atoms with van der Waals surface area (Å²) in [6.45, 7) is 0. The smallest absolute Gasteiger partial charge is 0.137 e. The topological polar surface area (TPSA) is 12.9 Å². The van der Waals surface area contributed by atoms with E-state index in [1.807, 2.05) is 18.2 Å². The summed E-state index contributed by atoms with van der Waals surface area (Å²) in [5, 5.41) is 0.975. The minimum atomic E-state index is -0.230. The first-order chi connectivity index (χ1) is 7.75. The summed E-state index contributed by atoms with van der Waals surface area (Å²) in [6.07, 6.45) is 1.77. The number of nitrogens with zero attached hydrogens (tertiary/aromatic N) is 1. The van der Waals surface area contributed by atoms with Crippen LogP contribution < -0.4 is 0 Å². The quantitative estimate of drug-likeness (QED) is 0.785. The van der Waals surface area contributed by atoms with E-state index in [1.165, 1.54) is 6.07 Å². The molecule has 0 aliphatic carbocycles. The van der Waals surface area contributed by atoms with Crippen molar-refractivity contribution >= 4 is 27.7 Å². The molecule has 1 nitrogen and oxygen atoms in total. The van der Waals surface area contributed by atoms with Crippen LogP contribution in [0.15, 0.2) is 52.1 Å². The van der Waals surface area contributed by atoms with Crippen molar-refractivity contribution in [1.82, 2.24) is 4.98 Å². The van der Waals surface area contributed by atoms with Gasteiger partial charge in [-0.15, -0.1) is 11.8 Å². The van der Waals surface area contributed by atoms with Crippen molar-refractivity contribution in [3.8, 4) is 0 Å². The molecule has 0 saturated heterocycles. The van der Waals surface area contributed by atoms with Gasteiger partial charge in [-0.05, 0) is 45.8 Å². The van der Waals surface area contributed by atoms with Crippen LogP contribution in [0.5, 0.6) is 0 Å². The van der Waals surface area contributed by atoms with E-state index in [1.54, 1.807) is 30.1 Å². The molecule has 0 bridgehead atoms. The first kappa shape index (κ1) is 11.6. The fourth-order valence-electron chi connectivity index (χ4n) is 1.22. The number of halogens is 2. The number of thioether (sulfide) groups is 1. The van der Waals surface area contributed by atoms with Gasteiger partial charge in [0, 0.05) is 11.9 Å². The summed E-state index contributed by atoms with van der Waals surface area (Å²) in [5.41, 5.74) is 1.07. The van der Waals surface area contributed by atoms with E-state index in [2.05, 4.69) is 20.9 Å². The maximum atomic E-state index is 13.0. The molecule has 0 aliphatic rings. The molecule has 0 spiro atoms. The lowest BCUT2D eigenvalue weighted by molar-refractivity contribution is 0.620. The second-order valence-corrected chi connectivity index (χ2v) is 5.06. The lowest BCUT2D eigenvalue weighted by Crippen LogP contribution is -1.85. The highest BCUT2D eigenvalue weighted by Gasteiger charge is 2.01. The molecular weight excluding hydrogens is 289 g/mol. The van der Waals surface area contributed by atoms with E-state index >= 15 is 0 Å². The molecule has 0 saturated carbocycles. The third-order valence-corrected chi connectivity index (χ3v) is 3.63. The molecule has 1 heterocycles. The molecule has 0 N–H and O–H groups in total. The molecule has 0 radical (unpaired) electrons. The van der Waals surface area contributed by atoms with Gasteiger partial charge in [-0.3, -0.25) is 0 Å². The molecule has 0 atom stereocenters. The number of benzene rings is 1. The van der Waals surface area contributed by atoms with Crippen LogP contribution in [0.2, 0.25) is 0 Å². The zero-order chi connectivity index (χ0) is 11.4. The van der Waals surface area contributed by atoms with Gasteiger partial charge in [-0.2, -0.15) is 0 Å². The molecule has 2 rings (SSSR count). The van der Waals surface area contributed by atoms with Crippen molar-refractivity contribution in [2.45, 2.75) is 10.8 Å². The third kappa shape index (κ3) is 3.06. The van der Waals surface area contributed by atoms with Crippen molar-refractivity contribution in [1.29, 1.82) is 0 Å². The normalized spacial score (nSPS) is 10.4. The van der Waals surface area contributed by atoms with E-state index in [0.29, 0.717) is 4.47 Å². The van der Waals surface area contributed by atoms with Gasteiger partial charge >= 0.3 is 0 Å². The number of hydrogen-bond donors (Lipinski definition) is 0. The van der Waals surface area contributed by atoms with E-state index in [4.69, 9.17) is 0 Å². The maximum Gasteiger partial charge on any atom is 0.137 e. The van der Waals surface area contributed by atoms with Gasteiger partial charge in [0.05, 0.1) is 9.50 Å². The van der Waals surface area contributed by atoms with Gasteiger partial charge in [0.1, 0.15) is 5.82 Å². The molecule has 1 aromatic carbocycles. The lowest BCUT2D eigenvalue weighted by Gasteiger charge is -2.02. The molecule has 0 aliphatic heterocycles. The largest absolute Gasteiger partial charge is 0.250 e. The maximum absolute atomic E-state index is 13.0. The van der Waals surface area contributed by atoms with Crippen LogP contribution in [-0.4, -0.2) is 4.98 Å². The zero-order valence-electron chi connectivity index (χ0n) is 8.36. The Bertz CT molecular complexity index is 476. The van der Waals surface area contributed by atoms with Crippen LogP contribution in [0.4, 0.5) is 4.39 Å². The summed E-state index contributed by atoms with van der Waals surface area (Å²) in [5.74, 6) is 0.558. The van der Waals surface area contributed by atoms with Crippen LogP contribution in [0.25, 0.3) is 0 Å². The summed E-state index contributed by atoms with van der Waals surface area (Å²) in [4.78, 5) is 4.21. The highest BCUT2D eigenvalue weighted by molar-refractivity contribution is 9.10. The highest BCUT2D eigenvalue weighted by atomic mass is 79.9. The Hall–Kier alpha value is -0.870. The van der Waals surface area contributed by atoms with Gasteiger partial charge in [0.15, 0.2) is 0 Å². The molecule has 0 fully saturated rings. The standard InChI is InChI=1S/C12H9BrFNS/c13-10-7-9(4-5-11(10)14)8-16-12-3-1-2-6-15-12/h1-7H,8H2. The monoisotopic (exact) mass is 297 g/mol. The van der Waals surface area contributed by atoms with E-state index in [9.17, 15) is 4.39 Å². The molecule has 82 valence electrons. The zero-order valence-corrected chi connectivity index (χ0v) is 10.8. The number of rotatable bonds is 3. The molecule has 2 aromatic rings. The van der Waals surface area contributed by atoms with Crippen molar-refractivity contribution in [2.75, 3.05) is 0 Å². The van der Waals surface area contributed by atoms with Crippen LogP contribution >= 0.6 is 27.7 Å². The molecule has 1 aromatic heterocycles. The van der Waals surface area contributed by atoms with Crippen molar-refractivity contribution < 1.29 is 4.39 Å². The summed E-state index contributed by atoms with van der Waals surface area (Å²) >= 11 is 4.81. The molecule has 0 amide bonds. The fourth-order valence-corrected chi connectivity index (χ4v) is 2.45. The average molecular weight is 298 g/mol. The Morgan fingerprint density at radius 1 is 1.25 bits per heavy atom. The first-order valence-corrected chi connectivity index (χ1v) is 6.51. The van der Waals surface area contributed by atoms with Crippen molar-refractivity contribution in [3.63, 3.8) is 0 Å². The predicted octanol–water partition coefficient (Wildman–Crippen LogP) is 4.28. The highest BCUT2D eigenvalue weighted by Crippen LogP contribution is 2.23.